The predicted octanol–water partition coefficient (Wildman–Crippen LogP) is 7.32. The van der Waals surface area contributed by atoms with Crippen LogP contribution >= 0.6 is 0 Å². The third kappa shape index (κ3) is 3.20. The Morgan fingerprint density at radius 2 is 1.83 bits per heavy atom. The second kappa shape index (κ2) is 6.67. The second-order valence-corrected chi connectivity index (χ2v) is 13.4. The highest BCUT2D eigenvalue weighted by Crippen LogP contribution is 2.47. The van der Waals surface area contributed by atoms with E-state index in [1.807, 2.05) is 6.08 Å². The Hall–Kier alpha value is -1.08. The Bertz CT molecular complexity index is 662. The molecule has 0 amide bonds. The van der Waals surface area contributed by atoms with Crippen molar-refractivity contribution < 1.29 is 0 Å². The van der Waals surface area contributed by atoms with Crippen LogP contribution in [0.3, 0.4) is 0 Å². The van der Waals surface area contributed by atoms with Gasteiger partial charge in [-0.3, -0.25) is 0 Å². The largest absolute Gasteiger partial charge is 0.104 e. The normalized spacial score (nSPS) is 22.2. The summed E-state index contributed by atoms with van der Waals surface area (Å²) in [6.45, 7) is 23.2. The maximum atomic E-state index is 3.89. The molecule has 0 aliphatic heterocycles. The molecule has 0 radical (unpaired) electrons. The van der Waals surface area contributed by atoms with Crippen molar-refractivity contribution in [2.75, 3.05) is 0 Å². The van der Waals surface area contributed by atoms with Crippen molar-refractivity contribution in [1.29, 1.82) is 0 Å². The zero-order chi connectivity index (χ0) is 18.3. The smallest absolute Gasteiger partial charge is 0.103 e. The first-order chi connectivity index (χ1) is 11.0. The Labute approximate surface area is 151 Å². The van der Waals surface area contributed by atoms with E-state index in [0.717, 1.165) is 12.8 Å². The van der Waals surface area contributed by atoms with E-state index in [1.165, 1.54) is 12.0 Å². The van der Waals surface area contributed by atoms with Gasteiger partial charge in [0.15, 0.2) is 0 Å². The van der Waals surface area contributed by atoms with Gasteiger partial charge in [-0.1, -0.05) is 73.6 Å². The molecule has 1 atom stereocenters. The van der Waals surface area contributed by atoms with E-state index in [-0.39, 0.29) is 5.41 Å². The van der Waals surface area contributed by atoms with Crippen LogP contribution < -0.4 is 0 Å². The summed E-state index contributed by atoms with van der Waals surface area (Å²) in [5, 5.41) is 3.48. The molecule has 0 aromatic heterocycles. The van der Waals surface area contributed by atoms with Crippen LogP contribution in [0.5, 0.6) is 0 Å². The van der Waals surface area contributed by atoms with E-state index in [2.05, 4.69) is 73.4 Å². The molecule has 0 saturated carbocycles. The van der Waals surface area contributed by atoms with Gasteiger partial charge in [-0.15, -0.1) is 6.58 Å². The predicted molar refractivity (Wildman–Crippen MR) is 112 cm³/mol. The molecule has 2 rings (SSSR count). The van der Waals surface area contributed by atoms with Crippen LogP contribution in [0.25, 0.3) is 0 Å². The summed E-state index contributed by atoms with van der Waals surface area (Å²) >= 11 is 0. The summed E-state index contributed by atoms with van der Waals surface area (Å²) in [5.74, 6) is 0.630. The molecule has 1 unspecified atom stereocenters. The van der Waals surface area contributed by atoms with Gasteiger partial charge in [0.25, 0.3) is 0 Å². The van der Waals surface area contributed by atoms with Gasteiger partial charge in [0.2, 0.25) is 0 Å². The molecular formula is C23H36Si. The zero-order valence-electron chi connectivity index (χ0n) is 17.1. The molecule has 0 saturated heterocycles. The number of rotatable bonds is 6. The average molecular weight is 341 g/mol. The fourth-order valence-electron chi connectivity index (χ4n) is 4.59. The minimum absolute atomic E-state index is 0.259. The summed E-state index contributed by atoms with van der Waals surface area (Å²) in [6, 6.07) is 0. The maximum absolute atomic E-state index is 3.89. The first-order valence-corrected chi connectivity index (χ1v) is 12.5. The highest BCUT2D eigenvalue weighted by atomic mass is 28.3. The summed E-state index contributed by atoms with van der Waals surface area (Å²) in [5.41, 5.74) is 6.51. The molecule has 2 aliphatic rings. The summed E-state index contributed by atoms with van der Waals surface area (Å²) < 4.78 is 0. The van der Waals surface area contributed by atoms with Crippen molar-refractivity contribution in [3.63, 3.8) is 0 Å². The molecule has 0 aromatic rings. The van der Waals surface area contributed by atoms with Crippen molar-refractivity contribution >= 4 is 8.07 Å². The maximum Gasteiger partial charge on any atom is 0.104 e. The molecule has 1 heteroatoms. The lowest BCUT2D eigenvalue weighted by molar-refractivity contribution is 0.422. The van der Waals surface area contributed by atoms with Crippen LogP contribution in [0.1, 0.15) is 60.8 Å². The number of allylic oxidation sites excluding steroid dienone is 9. The van der Waals surface area contributed by atoms with Crippen LogP contribution in [-0.2, 0) is 0 Å². The average Bonchev–Trinajstić information content (AvgIpc) is 3.08. The van der Waals surface area contributed by atoms with Crippen LogP contribution in [0.4, 0.5) is 0 Å². The van der Waals surface area contributed by atoms with Crippen LogP contribution in [0.15, 0.2) is 57.5 Å². The molecule has 0 aromatic carbocycles. The molecular weight excluding hydrogens is 304 g/mol. The highest BCUT2D eigenvalue weighted by Gasteiger charge is 2.40. The Morgan fingerprint density at radius 3 is 2.33 bits per heavy atom. The first kappa shape index (κ1) is 19.2. The Balaban J connectivity index is 2.30. The van der Waals surface area contributed by atoms with Crippen molar-refractivity contribution in [2.24, 2.45) is 11.3 Å². The van der Waals surface area contributed by atoms with Gasteiger partial charge in [-0.2, -0.15) is 0 Å². The molecule has 2 aliphatic carbocycles. The molecule has 0 spiro atoms. The zero-order valence-corrected chi connectivity index (χ0v) is 18.1. The van der Waals surface area contributed by atoms with Crippen LogP contribution in [-0.4, -0.2) is 8.07 Å². The van der Waals surface area contributed by atoms with Crippen LogP contribution in [0, 0.1) is 11.3 Å². The fraction of sp³-hybridized carbons (Fsp3) is 0.565. The highest BCUT2D eigenvalue weighted by molar-refractivity contribution is 6.91. The lowest BCUT2D eigenvalue weighted by atomic mass is 9.80. The van der Waals surface area contributed by atoms with E-state index < -0.39 is 8.07 Å². The first-order valence-electron chi connectivity index (χ1n) is 9.45. The second-order valence-electron chi connectivity index (χ2n) is 8.94. The quantitative estimate of drug-likeness (QED) is 0.351. The lowest BCUT2D eigenvalue weighted by Gasteiger charge is -2.31. The van der Waals surface area contributed by atoms with E-state index in [4.69, 9.17) is 0 Å². The number of hydrogen-bond donors (Lipinski definition) is 0. The standard InChI is InChI=1S/C23H36Si/c1-10-11-14-23(6,7)20-12-13-21(15-20)24(8,9)22-18(4)16(2)17(3)19(22)5/h10,12,15,18H,1,11,13-14H2,2-9H3. The van der Waals surface area contributed by atoms with Gasteiger partial charge in [-0.25, -0.2) is 0 Å². The topological polar surface area (TPSA) is 0 Å². The monoisotopic (exact) mass is 340 g/mol. The van der Waals surface area contributed by atoms with Gasteiger partial charge in [0.05, 0.1) is 0 Å². The minimum Gasteiger partial charge on any atom is -0.103 e. The third-order valence-electron chi connectivity index (χ3n) is 6.74. The van der Waals surface area contributed by atoms with Crippen molar-refractivity contribution in [3.8, 4) is 0 Å². The molecule has 0 bridgehead atoms. The summed E-state index contributed by atoms with van der Waals surface area (Å²) in [7, 11) is -1.57. The van der Waals surface area contributed by atoms with E-state index in [1.54, 1.807) is 27.1 Å². The fourth-order valence-corrected chi connectivity index (χ4v) is 8.49. The van der Waals surface area contributed by atoms with Crippen molar-refractivity contribution in [3.05, 3.63) is 57.5 Å². The van der Waals surface area contributed by atoms with Crippen molar-refractivity contribution in [2.45, 2.75) is 73.9 Å². The Kier molecular flexibility index (Phi) is 5.35. The molecule has 0 nitrogen and oxygen atoms in total. The molecule has 24 heavy (non-hydrogen) atoms. The molecule has 0 N–H and O–H groups in total. The van der Waals surface area contributed by atoms with E-state index >= 15 is 0 Å². The van der Waals surface area contributed by atoms with Crippen LogP contribution in [0.2, 0.25) is 13.1 Å². The molecule has 132 valence electrons. The molecule has 0 heterocycles. The summed E-state index contributed by atoms with van der Waals surface area (Å²) in [6.07, 6.45) is 10.5. The SMILES string of the molecule is C=CCCC(C)(C)C1=CCC([Si](C)(C)C2=C(C)C(C)=C(C)C2C)=C1. The molecule has 0 fully saturated rings. The minimum atomic E-state index is -1.57. The number of hydrogen-bond acceptors (Lipinski definition) is 0. The van der Waals surface area contributed by atoms with Gasteiger partial charge >= 0.3 is 0 Å². The van der Waals surface area contributed by atoms with Gasteiger partial charge < -0.3 is 0 Å². The van der Waals surface area contributed by atoms with Crippen molar-refractivity contribution in [1.82, 2.24) is 0 Å². The Morgan fingerprint density at radius 1 is 1.21 bits per heavy atom. The van der Waals surface area contributed by atoms with Gasteiger partial charge in [0.1, 0.15) is 8.07 Å². The van der Waals surface area contributed by atoms with E-state index in [9.17, 15) is 0 Å². The van der Waals surface area contributed by atoms with Gasteiger partial charge in [0, 0.05) is 0 Å². The summed E-state index contributed by atoms with van der Waals surface area (Å²) in [4.78, 5) is 0. The lowest BCUT2D eigenvalue weighted by Crippen LogP contribution is -2.35. The van der Waals surface area contributed by atoms with Gasteiger partial charge in [-0.05, 0) is 62.5 Å². The van der Waals surface area contributed by atoms with E-state index in [0.29, 0.717) is 5.92 Å². The third-order valence-corrected chi connectivity index (χ3v) is 10.9.